The summed E-state index contributed by atoms with van der Waals surface area (Å²) in [5.41, 5.74) is 1.04. The number of halogens is 2. The maximum absolute atomic E-state index is 6.03. The molecule has 2 N–H and O–H groups in total. The third-order valence-electron chi connectivity index (χ3n) is 3.43. The molecule has 128 valence electrons. The molecule has 0 heterocycles. The van der Waals surface area contributed by atoms with E-state index in [1.165, 1.54) is 0 Å². The van der Waals surface area contributed by atoms with Crippen LogP contribution in [0, 0.1) is 0 Å². The van der Waals surface area contributed by atoms with Crippen LogP contribution in [0.3, 0.4) is 0 Å². The molecule has 23 heavy (non-hydrogen) atoms. The molecule has 1 aromatic carbocycles. The number of hydrogen-bond acceptors (Lipinski definition) is 2. The number of ether oxygens (including phenoxy) is 1. The average molecular weight is 450 g/mol. The SMILES string of the molecule is CCNC(=NCc1ccc(Cl)cc1OCC)NC1CC=CC1.I. The van der Waals surface area contributed by atoms with Crippen LogP contribution in [0.4, 0.5) is 0 Å². The van der Waals surface area contributed by atoms with E-state index < -0.39 is 0 Å². The summed E-state index contributed by atoms with van der Waals surface area (Å²) in [4.78, 5) is 4.66. The van der Waals surface area contributed by atoms with Gasteiger partial charge in [0.25, 0.3) is 0 Å². The van der Waals surface area contributed by atoms with Gasteiger partial charge in [0.1, 0.15) is 5.75 Å². The normalized spacial score (nSPS) is 14.5. The van der Waals surface area contributed by atoms with Crippen LogP contribution in [0.5, 0.6) is 5.75 Å². The zero-order valence-electron chi connectivity index (χ0n) is 13.6. The molecule has 4 nitrogen and oxygen atoms in total. The highest BCUT2D eigenvalue weighted by Crippen LogP contribution is 2.24. The summed E-state index contributed by atoms with van der Waals surface area (Å²) in [5, 5.41) is 7.43. The van der Waals surface area contributed by atoms with Gasteiger partial charge >= 0.3 is 0 Å². The van der Waals surface area contributed by atoms with E-state index in [9.17, 15) is 0 Å². The van der Waals surface area contributed by atoms with Crippen molar-refractivity contribution >= 4 is 41.5 Å². The lowest BCUT2D eigenvalue weighted by Crippen LogP contribution is -2.42. The van der Waals surface area contributed by atoms with Gasteiger partial charge in [-0.2, -0.15) is 0 Å². The van der Waals surface area contributed by atoms with Gasteiger partial charge in [0.2, 0.25) is 0 Å². The molecule has 0 fully saturated rings. The Hall–Kier alpha value is -0.950. The van der Waals surface area contributed by atoms with Crippen LogP contribution < -0.4 is 15.4 Å². The van der Waals surface area contributed by atoms with Gasteiger partial charge in [0, 0.05) is 23.2 Å². The summed E-state index contributed by atoms with van der Waals surface area (Å²) in [6, 6.07) is 6.12. The van der Waals surface area contributed by atoms with Crippen LogP contribution in [0.1, 0.15) is 32.3 Å². The van der Waals surface area contributed by atoms with E-state index in [-0.39, 0.29) is 24.0 Å². The molecule has 0 unspecified atom stereocenters. The first-order valence-corrected chi connectivity index (χ1v) is 8.21. The highest BCUT2D eigenvalue weighted by atomic mass is 127. The summed E-state index contributed by atoms with van der Waals surface area (Å²) in [5.74, 6) is 1.64. The van der Waals surface area contributed by atoms with Crippen molar-refractivity contribution in [3.8, 4) is 5.75 Å². The smallest absolute Gasteiger partial charge is 0.191 e. The van der Waals surface area contributed by atoms with Crippen LogP contribution in [0.2, 0.25) is 5.02 Å². The zero-order chi connectivity index (χ0) is 15.8. The summed E-state index contributed by atoms with van der Waals surface area (Å²) in [6.45, 7) is 6.04. The fourth-order valence-electron chi connectivity index (χ4n) is 2.36. The Morgan fingerprint density at radius 3 is 2.70 bits per heavy atom. The maximum Gasteiger partial charge on any atom is 0.191 e. The predicted molar refractivity (Wildman–Crippen MR) is 108 cm³/mol. The van der Waals surface area contributed by atoms with Crippen LogP contribution in [0.15, 0.2) is 35.3 Å². The fraction of sp³-hybridized carbons (Fsp3) is 0.471. The summed E-state index contributed by atoms with van der Waals surface area (Å²) >= 11 is 6.03. The first-order valence-electron chi connectivity index (χ1n) is 7.84. The minimum absolute atomic E-state index is 0. The van der Waals surface area contributed by atoms with Gasteiger partial charge in [0.15, 0.2) is 5.96 Å². The van der Waals surface area contributed by atoms with Gasteiger partial charge in [0.05, 0.1) is 13.2 Å². The van der Waals surface area contributed by atoms with Crippen molar-refractivity contribution in [2.45, 2.75) is 39.3 Å². The van der Waals surface area contributed by atoms with Crippen molar-refractivity contribution in [2.75, 3.05) is 13.2 Å². The molecule has 0 bridgehead atoms. The molecular weight excluding hydrogens is 425 g/mol. The zero-order valence-corrected chi connectivity index (χ0v) is 16.7. The minimum atomic E-state index is 0. The first kappa shape index (κ1) is 20.1. The van der Waals surface area contributed by atoms with Crippen molar-refractivity contribution < 1.29 is 4.74 Å². The van der Waals surface area contributed by atoms with E-state index in [0.29, 0.717) is 24.2 Å². The van der Waals surface area contributed by atoms with E-state index >= 15 is 0 Å². The monoisotopic (exact) mass is 449 g/mol. The molecule has 0 saturated carbocycles. The molecule has 1 aromatic rings. The number of aliphatic imine (C=N–C) groups is 1. The molecule has 0 radical (unpaired) electrons. The molecule has 1 aliphatic carbocycles. The third-order valence-corrected chi connectivity index (χ3v) is 3.66. The molecule has 0 amide bonds. The Bertz CT molecular complexity index is 541. The summed E-state index contributed by atoms with van der Waals surface area (Å²) < 4.78 is 5.64. The Morgan fingerprint density at radius 1 is 1.30 bits per heavy atom. The second-order valence-electron chi connectivity index (χ2n) is 5.16. The molecule has 0 spiro atoms. The quantitative estimate of drug-likeness (QED) is 0.297. The summed E-state index contributed by atoms with van der Waals surface area (Å²) in [6.07, 6.45) is 6.51. The lowest BCUT2D eigenvalue weighted by molar-refractivity contribution is 0.336. The Kier molecular flexibility index (Phi) is 9.40. The van der Waals surface area contributed by atoms with Gasteiger partial charge < -0.3 is 15.4 Å². The van der Waals surface area contributed by atoms with Crippen molar-refractivity contribution in [1.82, 2.24) is 10.6 Å². The third kappa shape index (κ3) is 6.59. The van der Waals surface area contributed by atoms with E-state index in [4.69, 9.17) is 16.3 Å². The second-order valence-corrected chi connectivity index (χ2v) is 5.60. The van der Waals surface area contributed by atoms with Crippen LogP contribution >= 0.6 is 35.6 Å². The lowest BCUT2D eigenvalue weighted by atomic mass is 10.2. The van der Waals surface area contributed by atoms with Gasteiger partial charge in [-0.15, -0.1) is 24.0 Å². The Morgan fingerprint density at radius 2 is 2.04 bits per heavy atom. The topological polar surface area (TPSA) is 45.7 Å². The Labute approximate surface area is 160 Å². The Balaban J connectivity index is 0.00000264. The molecule has 0 aliphatic heterocycles. The average Bonchev–Trinajstić information content (AvgIpc) is 3.00. The van der Waals surface area contributed by atoms with E-state index in [0.717, 1.165) is 36.7 Å². The van der Waals surface area contributed by atoms with Crippen molar-refractivity contribution in [3.05, 3.63) is 40.9 Å². The highest BCUT2D eigenvalue weighted by molar-refractivity contribution is 14.0. The number of hydrogen-bond donors (Lipinski definition) is 2. The largest absolute Gasteiger partial charge is 0.493 e. The predicted octanol–water partition coefficient (Wildman–Crippen LogP) is 4.13. The molecule has 1 aliphatic rings. The van der Waals surface area contributed by atoms with Crippen LogP contribution in [-0.4, -0.2) is 25.2 Å². The first-order chi connectivity index (χ1) is 10.7. The molecule has 6 heteroatoms. The van der Waals surface area contributed by atoms with Crippen molar-refractivity contribution in [2.24, 2.45) is 4.99 Å². The minimum Gasteiger partial charge on any atom is -0.493 e. The number of rotatable bonds is 6. The van der Waals surface area contributed by atoms with Crippen molar-refractivity contribution in [3.63, 3.8) is 0 Å². The summed E-state index contributed by atoms with van der Waals surface area (Å²) in [7, 11) is 0. The molecule has 2 rings (SSSR count). The fourth-order valence-corrected chi connectivity index (χ4v) is 2.52. The van der Waals surface area contributed by atoms with Gasteiger partial charge in [-0.05, 0) is 38.8 Å². The van der Waals surface area contributed by atoms with E-state index in [1.54, 1.807) is 0 Å². The molecular formula is C17H25ClIN3O. The number of nitrogens with zero attached hydrogens (tertiary/aromatic N) is 1. The van der Waals surface area contributed by atoms with Gasteiger partial charge in [-0.25, -0.2) is 4.99 Å². The lowest BCUT2D eigenvalue weighted by Gasteiger charge is -2.17. The van der Waals surface area contributed by atoms with Gasteiger partial charge in [-0.3, -0.25) is 0 Å². The molecule has 0 saturated heterocycles. The van der Waals surface area contributed by atoms with E-state index in [1.807, 2.05) is 25.1 Å². The highest BCUT2D eigenvalue weighted by Gasteiger charge is 2.12. The second kappa shape index (κ2) is 10.8. The number of benzene rings is 1. The molecule has 0 aromatic heterocycles. The molecule has 0 atom stereocenters. The number of guanidine groups is 1. The van der Waals surface area contributed by atoms with E-state index in [2.05, 4.69) is 34.7 Å². The maximum atomic E-state index is 6.03. The van der Waals surface area contributed by atoms with Gasteiger partial charge in [-0.1, -0.05) is 29.8 Å². The number of nitrogens with one attached hydrogen (secondary N) is 2. The van der Waals surface area contributed by atoms with Crippen molar-refractivity contribution in [1.29, 1.82) is 0 Å². The standard InChI is InChI=1S/C17H24ClN3O.HI/c1-3-19-17(21-15-7-5-6-8-15)20-12-13-9-10-14(18)11-16(13)22-4-2;/h5-6,9-11,15H,3-4,7-8,12H2,1-2H3,(H2,19,20,21);1H. The van der Waals surface area contributed by atoms with Crippen LogP contribution in [0.25, 0.3) is 0 Å². The van der Waals surface area contributed by atoms with Crippen LogP contribution in [-0.2, 0) is 6.54 Å².